The first-order valence-corrected chi connectivity index (χ1v) is 8.59. The molecule has 0 amide bonds. The van der Waals surface area contributed by atoms with E-state index in [1.807, 2.05) is 44.3 Å². The molecule has 1 saturated carbocycles. The summed E-state index contributed by atoms with van der Waals surface area (Å²) in [6.45, 7) is 6.12. The maximum absolute atomic E-state index is 6.06. The van der Waals surface area contributed by atoms with Gasteiger partial charge in [0.15, 0.2) is 11.6 Å². The number of nitrogens with zero attached hydrogens (tertiary/aromatic N) is 2. The predicted molar refractivity (Wildman–Crippen MR) is 108 cm³/mol. The van der Waals surface area contributed by atoms with Crippen molar-refractivity contribution < 1.29 is 0 Å². The molecule has 1 heterocycles. The highest BCUT2D eigenvalue weighted by molar-refractivity contribution is 5.76. The number of nitrogen functional groups attached to an aromatic ring is 2. The molecule has 7 N–H and O–H groups in total. The van der Waals surface area contributed by atoms with Gasteiger partial charge in [-0.3, -0.25) is 0 Å². The van der Waals surface area contributed by atoms with Crippen LogP contribution in [0.25, 0.3) is 0 Å². The molecule has 2 aromatic rings. The molecule has 7 heteroatoms. The molecule has 7 nitrogen and oxygen atoms in total. The van der Waals surface area contributed by atoms with E-state index in [0.717, 1.165) is 22.6 Å². The van der Waals surface area contributed by atoms with E-state index >= 15 is 0 Å². The van der Waals surface area contributed by atoms with Crippen molar-refractivity contribution in [2.75, 3.05) is 29.1 Å². The molecule has 0 bridgehead atoms. The lowest BCUT2D eigenvalue weighted by Gasteiger charge is -2.15. The molecular weight excluding hydrogens is 326 g/mol. The van der Waals surface area contributed by atoms with E-state index in [4.69, 9.17) is 11.5 Å². The van der Waals surface area contributed by atoms with Crippen molar-refractivity contribution in [1.29, 1.82) is 0 Å². The number of allylic oxidation sites excluding steroid dienone is 2. The standard InChI is InChI=1S/C19H25N7/c1-11-6-4-5-7-14(11)23-19-25-17(21)16(20)18(26-19)24-15(22-3)10-12(2)13-8-9-13/h4-7,10,13,22H,2,8-9,20H2,1,3H3,(H4,21,23,24,25,26)/b15-10+. The SMILES string of the molecule is C=C(/C=C(\NC)Nc1nc(Nc2ccccc2C)nc(N)c1N)C1CC1. The number of aromatic nitrogens is 2. The topological polar surface area (TPSA) is 114 Å². The quantitative estimate of drug-likeness (QED) is 0.487. The number of rotatable bonds is 7. The summed E-state index contributed by atoms with van der Waals surface area (Å²) < 4.78 is 0. The van der Waals surface area contributed by atoms with Crippen molar-refractivity contribution in [1.82, 2.24) is 15.3 Å². The molecule has 1 aromatic heterocycles. The molecule has 136 valence electrons. The predicted octanol–water partition coefficient (Wildman–Crippen LogP) is 3.13. The number of benzene rings is 1. The second-order valence-corrected chi connectivity index (χ2v) is 6.42. The molecule has 0 radical (unpaired) electrons. The third kappa shape index (κ3) is 4.05. The molecule has 0 unspecified atom stereocenters. The second kappa shape index (κ2) is 7.35. The van der Waals surface area contributed by atoms with Crippen molar-refractivity contribution in [3.05, 3.63) is 53.9 Å². The van der Waals surface area contributed by atoms with Gasteiger partial charge in [-0.2, -0.15) is 9.97 Å². The summed E-state index contributed by atoms with van der Waals surface area (Å²) in [5.74, 6) is 2.37. The van der Waals surface area contributed by atoms with Crippen LogP contribution in [0, 0.1) is 12.8 Å². The first kappa shape index (κ1) is 17.6. The summed E-state index contributed by atoms with van der Waals surface area (Å²) in [6, 6.07) is 7.88. The zero-order chi connectivity index (χ0) is 18.7. The molecule has 0 atom stereocenters. The summed E-state index contributed by atoms with van der Waals surface area (Å²) in [5, 5.41) is 9.47. The lowest BCUT2D eigenvalue weighted by Crippen LogP contribution is -2.18. The van der Waals surface area contributed by atoms with Gasteiger partial charge in [-0.15, -0.1) is 0 Å². The molecule has 0 aliphatic heterocycles. The highest BCUT2D eigenvalue weighted by Crippen LogP contribution is 2.36. The van der Waals surface area contributed by atoms with Crippen LogP contribution in [0.4, 0.5) is 29.0 Å². The molecule has 1 aromatic carbocycles. The summed E-state index contributed by atoms with van der Waals surface area (Å²) in [6.07, 6.45) is 4.36. The van der Waals surface area contributed by atoms with Crippen LogP contribution in [-0.4, -0.2) is 17.0 Å². The zero-order valence-corrected chi connectivity index (χ0v) is 15.1. The number of aryl methyl sites for hydroxylation is 1. The molecule has 1 aliphatic carbocycles. The van der Waals surface area contributed by atoms with Crippen molar-refractivity contribution in [2.45, 2.75) is 19.8 Å². The normalized spacial score (nSPS) is 14.0. The minimum absolute atomic E-state index is 0.218. The second-order valence-electron chi connectivity index (χ2n) is 6.42. The molecular formula is C19H25N7. The molecule has 0 saturated heterocycles. The first-order chi connectivity index (χ1) is 12.5. The zero-order valence-electron chi connectivity index (χ0n) is 15.1. The van der Waals surface area contributed by atoms with Crippen LogP contribution >= 0.6 is 0 Å². The fourth-order valence-electron chi connectivity index (χ4n) is 2.53. The van der Waals surface area contributed by atoms with Crippen LogP contribution in [0.3, 0.4) is 0 Å². The van der Waals surface area contributed by atoms with Gasteiger partial charge in [-0.1, -0.05) is 24.8 Å². The Kier molecular flexibility index (Phi) is 4.97. The number of nitrogens with two attached hydrogens (primary N) is 2. The van der Waals surface area contributed by atoms with Crippen molar-refractivity contribution in [3.8, 4) is 0 Å². The van der Waals surface area contributed by atoms with Gasteiger partial charge in [-0.05, 0) is 49.0 Å². The number of para-hydroxylation sites is 1. The van der Waals surface area contributed by atoms with Crippen LogP contribution in [0.1, 0.15) is 18.4 Å². The lowest BCUT2D eigenvalue weighted by molar-refractivity contribution is 0.965. The lowest BCUT2D eigenvalue weighted by atomic mass is 10.2. The Morgan fingerprint density at radius 2 is 1.96 bits per heavy atom. The highest BCUT2D eigenvalue weighted by atomic mass is 15.2. The Bertz CT molecular complexity index is 853. The monoisotopic (exact) mass is 351 g/mol. The van der Waals surface area contributed by atoms with Crippen molar-refractivity contribution in [2.24, 2.45) is 5.92 Å². The average molecular weight is 351 g/mol. The van der Waals surface area contributed by atoms with E-state index in [0.29, 0.717) is 23.4 Å². The van der Waals surface area contributed by atoms with E-state index in [1.54, 1.807) is 0 Å². The van der Waals surface area contributed by atoms with Gasteiger partial charge >= 0.3 is 0 Å². The van der Waals surface area contributed by atoms with Gasteiger partial charge in [0.05, 0.1) is 0 Å². The van der Waals surface area contributed by atoms with Crippen LogP contribution in [0.15, 0.2) is 48.3 Å². The average Bonchev–Trinajstić information content (AvgIpc) is 3.45. The molecule has 3 rings (SSSR count). The number of anilines is 5. The van der Waals surface area contributed by atoms with Gasteiger partial charge in [0, 0.05) is 12.7 Å². The molecule has 1 fully saturated rings. The number of hydrogen-bond donors (Lipinski definition) is 5. The largest absolute Gasteiger partial charge is 0.393 e. The number of hydrogen-bond acceptors (Lipinski definition) is 7. The van der Waals surface area contributed by atoms with Gasteiger partial charge in [0.2, 0.25) is 5.95 Å². The van der Waals surface area contributed by atoms with Crippen LogP contribution < -0.4 is 27.4 Å². The molecule has 1 aliphatic rings. The summed E-state index contributed by atoms with van der Waals surface area (Å²) in [4.78, 5) is 8.71. The van der Waals surface area contributed by atoms with E-state index in [9.17, 15) is 0 Å². The third-order valence-electron chi connectivity index (χ3n) is 4.32. The van der Waals surface area contributed by atoms with Crippen molar-refractivity contribution in [3.63, 3.8) is 0 Å². The Morgan fingerprint density at radius 1 is 1.23 bits per heavy atom. The summed E-state index contributed by atoms with van der Waals surface area (Å²) >= 11 is 0. The summed E-state index contributed by atoms with van der Waals surface area (Å²) in [5.41, 5.74) is 15.4. The minimum Gasteiger partial charge on any atom is -0.393 e. The Hall–Kier alpha value is -3.22. The van der Waals surface area contributed by atoms with Gasteiger partial charge in [0.1, 0.15) is 11.5 Å². The minimum atomic E-state index is 0.218. The fourth-order valence-corrected chi connectivity index (χ4v) is 2.53. The Labute approximate surface area is 153 Å². The Morgan fingerprint density at radius 3 is 2.62 bits per heavy atom. The highest BCUT2D eigenvalue weighted by Gasteiger charge is 2.23. The van der Waals surface area contributed by atoms with Crippen LogP contribution in [-0.2, 0) is 0 Å². The van der Waals surface area contributed by atoms with E-state index < -0.39 is 0 Å². The first-order valence-electron chi connectivity index (χ1n) is 8.59. The van der Waals surface area contributed by atoms with Gasteiger partial charge < -0.3 is 27.4 Å². The maximum atomic E-state index is 6.06. The Balaban J connectivity index is 1.85. The van der Waals surface area contributed by atoms with Gasteiger partial charge in [0.25, 0.3) is 0 Å². The van der Waals surface area contributed by atoms with Crippen molar-refractivity contribution >= 4 is 29.0 Å². The van der Waals surface area contributed by atoms with E-state index in [-0.39, 0.29) is 5.82 Å². The van der Waals surface area contributed by atoms with E-state index in [1.165, 1.54) is 12.8 Å². The van der Waals surface area contributed by atoms with Crippen LogP contribution in [0.5, 0.6) is 0 Å². The molecule has 26 heavy (non-hydrogen) atoms. The third-order valence-corrected chi connectivity index (χ3v) is 4.32. The summed E-state index contributed by atoms with van der Waals surface area (Å²) in [7, 11) is 1.83. The fraction of sp³-hybridized carbons (Fsp3) is 0.263. The van der Waals surface area contributed by atoms with Gasteiger partial charge in [-0.25, -0.2) is 0 Å². The molecule has 0 spiro atoms. The van der Waals surface area contributed by atoms with Crippen LogP contribution in [0.2, 0.25) is 0 Å². The van der Waals surface area contributed by atoms with E-state index in [2.05, 4.69) is 32.5 Å². The maximum Gasteiger partial charge on any atom is 0.231 e. The number of nitrogens with one attached hydrogen (secondary N) is 3. The smallest absolute Gasteiger partial charge is 0.231 e.